The quantitative estimate of drug-likeness (QED) is 0.192. The number of hydrogen-bond donors (Lipinski definition) is 2. The van der Waals surface area contributed by atoms with Crippen LogP contribution in [0.3, 0.4) is 0 Å². The van der Waals surface area contributed by atoms with Crippen molar-refractivity contribution in [2.24, 2.45) is 7.05 Å². The van der Waals surface area contributed by atoms with Crippen LogP contribution < -0.4 is 20.5 Å². The molecule has 10 nitrogen and oxygen atoms in total. The molecule has 0 unspecified atom stereocenters. The molecule has 3 aromatic heterocycles. The van der Waals surface area contributed by atoms with E-state index in [2.05, 4.69) is 20.1 Å². The lowest BCUT2D eigenvalue weighted by Crippen LogP contribution is -2.29. The van der Waals surface area contributed by atoms with Crippen molar-refractivity contribution in [3.63, 3.8) is 0 Å². The predicted molar refractivity (Wildman–Crippen MR) is 183 cm³/mol. The van der Waals surface area contributed by atoms with Gasteiger partial charge in [0.1, 0.15) is 28.4 Å². The Hall–Kier alpha value is -4.64. The van der Waals surface area contributed by atoms with E-state index in [-0.39, 0.29) is 23.7 Å². The average molecular weight is 630 g/mol. The standard InChI is InChI=1S/C35H44FN7O3/c1-10-37-33(44)27-16-24-26(19-42(9)34(45)30(24)38-27)23-17-28-25(18-29(23)46-31-21(2)12-11-13-22(31)3)32(41(8)15-14-40(6)7)39-43(28)20-35(4,5)36/h11-13,16-19,38H,10,14-15,20H2,1-9H3,(H,37,44). The van der Waals surface area contributed by atoms with E-state index in [0.717, 1.165) is 34.3 Å². The van der Waals surface area contributed by atoms with E-state index in [0.29, 0.717) is 46.7 Å². The lowest BCUT2D eigenvalue weighted by molar-refractivity contribution is 0.0951. The lowest BCUT2D eigenvalue weighted by Gasteiger charge is -2.20. The number of hydrogen-bond acceptors (Lipinski definition) is 6. The van der Waals surface area contributed by atoms with Crippen LogP contribution >= 0.6 is 0 Å². The highest BCUT2D eigenvalue weighted by molar-refractivity contribution is 6.05. The minimum Gasteiger partial charge on any atom is -0.456 e. The Labute approximate surface area is 268 Å². The van der Waals surface area contributed by atoms with Crippen LogP contribution in [0.15, 0.2) is 47.4 Å². The number of para-hydroxylation sites is 1. The number of aryl methyl sites for hydroxylation is 3. The van der Waals surface area contributed by atoms with Gasteiger partial charge in [0.25, 0.3) is 11.5 Å². The number of benzene rings is 2. The van der Waals surface area contributed by atoms with Gasteiger partial charge in [0.2, 0.25) is 0 Å². The largest absolute Gasteiger partial charge is 0.456 e. The van der Waals surface area contributed by atoms with Gasteiger partial charge in [-0.25, -0.2) is 4.39 Å². The van der Waals surface area contributed by atoms with Gasteiger partial charge < -0.3 is 29.4 Å². The van der Waals surface area contributed by atoms with Gasteiger partial charge in [0.15, 0.2) is 5.82 Å². The molecule has 3 heterocycles. The maximum atomic E-state index is 15.2. The van der Waals surface area contributed by atoms with Crippen molar-refractivity contribution in [1.82, 2.24) is 29.5 Å². The zero-order valence-electron chi connectivity index (χ0n) is 28.2. The predicted octanol–water partition coefficient (Wildman–Crippen LogP) is 5.79. The third kappa shape index (κ3) is 6.50. The Bertz CT molecular complexity index is 1960. The first kappa shape index (κ1) is 32.7. The Kier molecular flexibility index (Phi) is 8.99. The molecule has 5 rings (SSSR count). The number of anilines is 1. The Morgan fingerprint density at radius 3 is 2.39 bits per heavy atom. The monoisotopic (exact) mass is 629 g/mol. The van der Waals surface area contributed by atoms with Crippen LogP contribution in [0.2, 0.25) is 0 Å². The molecule has 1 amide bonds. The van der Waals surface area contributed by atoms with Crippen molar-refractivity contribution in [3.05, 3.63) is 69.8 Å². The van der Waals surface area contributed by atoms with E-state index >= 15 is 4.39 Å². The Morgan fingerprint density at radius 1 is 1.07 bits per heavy atom. The second-order valence-electron chi connectivity index (χ2n) is 12.9. The highest BCUT2D eigenvalue weighted by atomic mass is 19.1. The number of aromatic amines is 1. The van der Waals surface area contributed by atoms with Gasteiger partial charge in [0.05, 0.1) is 12.1 Å². The molecule has 0 aliphatic heterocycles. The number of alkyl halides is 1. The summed E-state index contributed by atoms with van der Waals surface area (Å²) in [5, 5.41) is 9.12. The lowest BCUT2D eigenvalue weighted by atomic mass is 10.00. The maximum Gasteiger partial charge on any atom is 0.274 e. The molecular weight excluding hydrogens is 585 g/mol. The van der Waals surface area contributed by atoms with Gasteiger partial charge in [-0.15, -0.1) is 0 Å². The minimum atomic E-state index is -1.53. The number of amides is 1. The van der Waals surface area contributed by atoms with E-state index in [1.54, 1.807) is 24.0 Å². The number of ether oxygens (including phenoxy) is 1. The third-order valence-corrected chi connectivity index (χ3v) is 8.06. The number of H-pyrrole nitrogens is 1. The first-order chi connectivity index (χ1) is 21.7. The Morgan fingerprint density at radius 2 is 1.76 bits per heavy atom. The Balaban J connectivity index is 1.84. The first-order valence-electron chi connectivity index (χ1n) is 15.5. The summed E-state index contributed by atoms with van der Waals surface area (Å²) < 4.78 is 25.2. The van der Waals surface area contributed by atoms with Gasteiger partial charge in [-0.05, 0) is 78.0 Å². The molecule has 0 spiro atoms. The third-order valence-electron chi connectivity index (χ3n) is 8.06. The van der Waals surface area contributed by atoms with Crippen LogP contribution in [0.5, 0.6) is 11.5 Å². The number of nitrogens with one attached hydrogen (secondary N) is 2. The van der Waals surface area contributed by atoms with E-state index < -0.39 is 5.67 Å². The number of likely N-dealkylation sites (N-methyl/N-ethyl adjacent to an activating group) is 2. The van der Waals surface area contributed by atoms with Crippen LogP contribution in [0.25, 0.3) is 32.9 Å². The molecule has 2 aromatic carbocycles. The zero-order chi connectivity index (χ0) is 33.5. The fourth-order valence-corrected chi connectivity index (χ4v) is 5.69. The van der Waals surface area contributed by atoms with Crippen LogP contribution in [-0.2, 0) is 13.6 Å². The molecular formula is C35H44FN7O3. The van der Waals surface area contributed by atoms with Crippen molar-refractivity contribution in [2.45, 2.75) is 46.8 Å². The van der Waals surface area contributed by atoms with Crippen molar-refractivity contribution < 1.29 is 13.9 Å². The molecule has 0 aliphatic carbocycles. The molecule has 0 saturated heterocycles. The molecule has 244 valence electrons. The molecule has 11 heteroatoms. The van der Waals surface area contributed by atoms with Gasteiger partial charge >= 0.3 is 0 Å². The number of carbonyl (C=O) groups is 1. The van der Waals surface area contributed by atoms with Gasteiger partial charge in [-0.2, -0.15) is 5.10 Å². The first-order valence-corrected chi connectivity index (χ1v) is 15.5. The molecule has 0 radical (unpaired) electrons. The summed E-state index contributed by atoms with van der Waals surface area (Å²) in [6, 6.07) is 11.6. The van der Waals surface area contributed by atoms with Gasteiger partial charge in [0, 0.05) is 61.8 Å². The minimum absolute atomic E-state index is 0.0374. The van der Waals surface area contributed by atoms with Crippen LogP contribution in [-0.4, -0.2) is 76.6 Å². The zero-order valence-corrected chi connectivity index (χ0v) is 28.2. The van der Waals surface area contributed by atoms with E-state index in [9.17, 15) is 9.59 Å². The summed E-state index contributed by atoms with van der Waals surface area (Å²) in [6.07, 6.45) is 1.75. The number of fused-ring (bicyclic) bond motifs is 2. The fourth-order valence-electron chi connectivity index (χ4n) is 5.69. The highest BCUT2D eigenvalue weighted by Crippen LogP contribution is 2.43. The number of carbonyl (C=O) groups excluding carboxylic acids is 1. The second kappa shape index (κ2) is 12.6. The van der Waals surface area contributed by atoms with Crippen LogP contribution in [0, 0.1) is 13.8 Å². The van der Waals surface area contributed by atoms with E-state index in [1.165, 1.54) is 18.4 Å². The van der Waals surface area contributed by atoms with Crippen LogP contribution in [0.4, 0.5) is 10.2 Å². The van der Waals surface area contributed by atoms with Crippen molar-refractivity contribution in [2.75, 3.05) is 45.7 Å². The number of pyridine rings is 1. The molecule has 5 aromatic rings. The smallest absolute Gasteiger partial charge is 0.274 e. The number of nitrogens with zero attached hydrogens (tertiary/aromatic N) is 5. The van der Waals surface area contributed by atoms with Crippen molar-refractivity contribution in [3.8, 4) is 22.6 Å². The number of aromatic nitrogens is 4. The highest BCUT2D eigenvalue weighted by Gasteiger charge is 2.26. The normalized spacial score (nSPS) is 12.0. The maximum absolute atomic E-state index is 15.2. The molecule has 0 saturated carbocycles. The van der Waals surface area contributed by atoms with Gasteiger partial charge in [-0.3, -0.25) is 14.3 Å². The fraction of sp³-hybridized carbons (Fsp3) is 0.400. The van der Waals surface area contributed by atoms with E-state index in [4.69, 9.17) is 9.84 Å². The summed E-state index contributed by atoms with van der Waals surface area (Å²) in [4.78, 5) is 33.3. The number of rotatable bonds is 11. The topological polar surface area (TPSA) is 100 Å². The molecule has 0 fully saturated rings. The van der Waals surface area contributed by atoms with E-state index in [1.807, 2.05) is 72.2 Å². The number of halogens is 1. The summed E-state index contributed by atoms with van der Waals surface area (Å²) >= 11 is 0. The van der Waals surface area contributed by atoms with Crippen molar-refractivity contribution in [1.29, 1.82) is 0 Å². The molecule has 2 N–H and O–H groups in total. The molecule has 0 atom stereocenters. The summed E-state index contributed by atoms with van der Waals surface area (Å²) in [5.74, 6) is 1.68. The van der Waals surface area contributed by atoms with Gasteiger partial charge in [-0.1, -0.05) is 18.2 Å². The summed E-state index contributed by atoms with van der Waals surface area (Å²) in [6.45, 7) is 10.9. The average Bonchev–Trinajstić information content (AvgIpc) is 3.57. The SMILES string of the molecule is CCNC(=O)c1cc2c(-c3cc4c(cc3Oc3c(C)cccc3C)c(N(C)CCN(C)C)nn4CC(C)(C)F)cn(C)c(=O)c2[nH]1. The summed E-state index contributed by atoms with van der Waals surface area (Å²) in [7, 11) is 7.70. The molecule has 46 heavy (non-hydrogen) atoms. The molecule has 0 bridgehead atoms. The summed E-state index contributed by atoms with van der Waals surface area (Å²) in [5.41, 5.74) is 2.82. The molecule has 0 aliphatic rings. The second-order valence-corrected chi connectivity index (χ2v) is 12.9. The van der Waals surface area contributed by atoms with Crippen LogP contribution in [0.1, 0.15) is 42.4 Å². The van der Waals surface area contributed by atoms with Crippen molar-refractivity contribution >= 4 is 33.5 Å².